The van der Waals surface area contributed by atoms with E-state index in [9.17, 15) is 24.1 Å². The summed E-state index contributed by atoms with van der Waals surface area (Å²) in [5.41, 5.74) is 11.7. The van der Waals surface area contributed by atoms with E-state index in [-0.39, 0.29) is 53.9 Å². The van der Waals surface area contributed by atoms with Crippen molar-refractivity contribution in [1.82, 2.24) is 9.55 Å². The summed E-state index contributed by atoms with van der Waals surface area (Å²) in [6.45, 7) is 8.53. The van der Waals surface area contributed by atoms with E-state index in [1.165, 1.54) is 6.07 Å². The van der Waals surface area contributed by atoms with E-state index in [1.54, 1.807) is 41.5 Å². The first-order valence-electron chi connectivity index (χ1n) is 13.1. The number of nitrogen functional groups attached to an aromatic ring is 1. The highest BCUT2D eigenvalue weighted by Crippen LogP contribution is 2.50. The molecule has 43 heavy (non-hydrogen) atoms. The number of carbonyl (C=O) groups is 2. The number of alkyl halides is 1. The number of thioether (sulfide) groups is 2. The molecule has 1 aromatic rings. The highest BCUT2D eigenvalue weighted by molar-refractivity contribution is 8.14. The number of aliphatic hydroxyl groups excluding tert-OH is 1. The number of carbonyl (C=O) groups excluding carboxylic acids is 2. The van der Waals surface area contributed by atoms with Crippen molar-refractivity contribution in [1.29, 1.82) is 0 Å². The molecule has 244 valence electrons. The summed E-state index contributed by atoms with van der Waals surface area (Å²) < 4.78 is 50.8. The zero-order chi connectivity index (χ0) is 32.8. The molecule has 3 N–H and O–H groups in total. The first-order chi connectivity index (χ1) is 19.9. The van der Waals surface area contributed by atoms with Crippen LogP contribution in [0, 0.1) is 10.8 Å². The Balaban J connectivity index is 2.99. The van der Waals surface area contributed by atoms with Crippen LogP contribution in [0.2, 0.25) is 0 Å². The van der Waals surface area contributed by atoms with Gasteiger partial charge in [-0.3, -0.25) is 27.7 Å². The Morgan fingerprint density at radius 2 is 1.65 bits per heavy atom. The molecule has 0 spiro atoms. The van der Waals surface area contributed by atoms with Crippen molar-refractivity contribution < 1.29 is 42.0 Å². The molecular formula is C24H40FN6O9PS2. The number of aliphatic hydroxyl groups is 1. The molecule has 0 bridgehead atoms. The number of phosphoric acid groups is 1. The Bertz CT molecular complexity index is 1180. The third kappa shape index (κ3) is 14.5. The van der Waals surface area contributed by atoms with Crippen molar-refractivity contribution in [3.05, 3.63) is 33.2 Å². The number of hydrogen-bond acceptors (Lipinski definition) is 14. The molecule has 0 aromatic carbocycles. The van der Waals surface area contributed by atoms with Gasteiger partial charge in [0.05, 0.1) is 26.4 Å². The Labute approximate surface area is 258 Å². The van der Waals surface area contributed by atoms with Gasteiger partial charge >= 0.3 is 13.5 Å². The summed E-state index contributed by atoms with van der Waals surface area (Å²) in [5.74, 6) is 0.0762. The van der Waals surface area contributed by atoms with Crippen molar-refractivity contribution in [3.8, 4) is 0 Å². The van der Waals surface area contributed by atoms with Crippen LogP contribution in [0.4, 0.5) is 10.2 Å². The monoisotopic (exact) mass is 670 g/mol. The molecule has 0 aliphatic carbocycles. The Hall–Kier alpha value is -2.01. The second kappa shape index (κ2) is 18.1. The molecule has 0 amide bonds. The van der Waals surface area contributed by atoms with Crippen LogP contribution in [0.1, 0.15) is 47.8 Å². The molecule has 0 aliphatic rings. The standard InChI is InChI=1S/C24H40FN6O9PS2/c1-23(2,3)20(33)42-13-11-38-41(36,39-12-14-43-21(34)24(4,5)6)40-15-16(32)18(25)19(37-10-8-28-30-27)31-9-7-17(26)29-22(31)35/h7,9,16,18-19,32H,8,10-15H2,1-6H3,(H2,26,29,35)/t16-,18-,19-/m1/s1. The molecule has 0 aliphatic heterocycles. The summed E-state index contributed by atoms with van der Waals surface area (Å²) in [5, 5.41) is 13.6. The molecule has 0 fully saturated rings. The van der Waals surface area contributed by atoms with Gasteiger partial charge in [-0.1, -0.05) is 70.2 Å². The summed E-state index contributed by atoms with van der Waals surface area (Å²) >= 11 is 1.91. The van der Waals surface area contributed by atoms with Crippen LogP contribution >= 0.6 is 31.3 Å². The number of azide groups is 1. The van der Waals surface area contributed by atoms with Crippen molar-refractivity contribution in [3.63, 3.8) is 0 Å². The first kappa shape index (κ1) is 39.0. The fourth-order valence-electron chi connectivity index (χ4n) is 2.77. The van der Waals surface area contributed by atoms with Crippen molar-refractivity contribution in [2.24, 2.45) is 15.9 Å². The number of halogens is 1. The van der Waals surface area contributed by atoms with Crippen LogP contribution < -0.4 is 11.4 Å². The summed E-state index contributed by atoms with van der Waals surface area (Å²) in [4.78, 5) is 42.7. The number of nitrogens with two attached hydrogens (primary N) is 1. The summed E-state index contributed by atoms with van der Waals surface area (Å²) in [6, 6.07) is 1.21. The Kier molecular flexibility index (Phi) is 16.4. The van der Waals surface area contributed by atoms with Crippen LogP contribution in [0.5, 0.6) is 0 Å². The highest BCUT2D eigenvalue weighted by atomic mass is 32.2. The number of aromatic nitrogens is 2. The molecule has 19 heteroatoms. The molecular weight excluding hydrogens is 630 g/mol. The van der Waals surface area contributed by atoms with Gasteiger partial charge in [0.25, 0.3) is 0 Å². The number of phosphoric ester groups is 1. The van der Waals surface area contributed by atoms with Gasteiger partial charge in [0.1, 0.15) is 11.9 Å². The van der Waals surface area contributed by atoms with Crippen molar-refractivity contribution in [2.75, 3.05) is 50.2 Å². The number of anilines is 1. The second-order valence-corrected chi connectivity index (χ2v) is 14.8. The molecule has 0 saturated heterocycles. The summed E-state index contributed by atoms with van der Waals surface area (Å²) in [7, 11) is -4.43. The van der Waals surface area contributed by atoms with Gasteiger partial charge in [-0.25, -0.2) is 13.8 Å². The van der Waals surface area contributed by atoms with Crippen LogP contribution in [0.25, 0.3) is 10.4 Å². The molecule has 0 radical (unpaired) electrons. The minimum absolute atomic E-state index is 0.104. The van der Waals surface area contributed by atoms with E-state index in [0.717, 1.165) is 34.3 Å². The highest BCUT2D eigenvalue weighted by Gasteiger charge is 2.35. The van der Waals surface area contributed by atoms with Gasteiger partial charge in [0.15, 0.2) is 22.6 Å². The molecule has 1 rings (SSSR count). The lowest BCUT2D eigenvalue weighted by Crippen LogP contribution is -2.41. The molecule has 1 heterocycles. The van der Waals surface area contributed by atoms with Crippen LogP contribution in [-0.4, -0.2) is 81.6 Å². The Morgan fingerprint density at radius 1 is 1.12 bits per heavy atom. The number of nitrogens with zero attached hydrogens (tertiary/aromatic N) is 5. The summed E-state index contributed by atoms with van der Waals surface area (Å²) in [6.07, 6.45) is -5.02. The van der Waals surface area contributed by atoms with E-state index < -0.39 is 49.5 Å². The zero-order valence-electron chi connectivity index (χ0n) is 25.0. The largest absolute Gasteiger partial charge is 0.474 e. The smallest absolute Gasteiger partial charge is 0.387 e. The second-order valence-electron chi connectivity index (χ2n) is 11.0. The van der Waals surface area contributed by atoms with Gasteiger partial charge in [-0.05, 0) is 11.6 Å². The third-order valence-electron chi connectivity index (χ3n) is 5.07. The number of ether oxygens (including phenoxy) is 1. The van der Waals surface area contributed by atoms with Crippen LogP contribution in [0.15, 0.2) is 22.2 Å². The van der Waals surface area contributed by atoms with E-state index in [2.05, 4.69) is 15.0 Å². The Morgan fingerprint density at radius 3 is 2.12 bits per heavy atom. The predicted octanol–water partition coefficient (Wildman–Crippen LogP) is 4.12. The maximum absolute atomic E-state index is 15.5. The number of hydrogen-bond donors (Lipinski definition) is 2. The minimum atomic E-state index is -4.43. The number of rotatable bonds is 18. The molecule has 3 atom stereocenters. The lowest BCUT2D eigenvalue weighted by Gasteiger charge is -2.27. The van der Waals surface area contributed by atoms with Gasteiger partial charge in [0, 0.05) is 40.0 Å². The van der Waals surface area contributed by atoms with Gasteiger partial charge in [0.2, 0.25) is 0 Å². The van der Waals surface area contributed by atoms with Gasteiger partial charge in [-0.15, -0.1) is 0 Å². The maximum atomic E-state index is 15.5. The zero-order valence-corrected chi connectivity index (χ0v) is 27.5. The van der Waals surface area contributed by atoms with Crippen LogP contribution in [0.3, 0.4) is 0 Å². The third-order valence-corrected chi connectivity index (χ3v) is 9.02. The lowest BCUT2D eigenvalue weighted by molar-refractivity contribution is -0.118. The van der Waals surface area contributed by atoms with E-state index >= 15 is 4.39 Å². The normalized spacial score (nSPS) is 14.5. The van der Waals surface area contributed by atoms with E-state index in [4.69, 9.17) is 29.6 Å². The predicted molar refractivity (Wildman–Crippen MR) is 162 cm³/mol. The minimum Gasteiger partial charge on any atom is -0.387 e. The average Bonchev–Trinajstić information content (AvgIpc) is 2.91. The maximum Gasteiger partial charge on any atom is 0.474 e. The molecule has 15 nitrogen and oxygen atoms in total. The molecule has 0 saturated carbocycles. The van der Waals surface area contributed by atoms with Crippen molar-refractivity contribution >= 4 is 47.4 Å². The van der Waals surface area contributed by atoms with E-state index in [0.29, 0.717) is 0 Å². The van der Waals surface area contributed by atoms with Gasteiger partial charge in [-0.2, -0.15) is 4.98 Å². The lowest BCUT2D eigenvalue weighted by atomic mass is 9.99. The first-order valence-corrected chi connectivity index (χ1v) is 16.5. The molecule has 1 aromatic heterocycles. The quantitative estimate of drug-likeness (QED) is 0.0739. The average molecular weight is 671 g/mol. The molecule has 0 unspecified atom stereocenters. The fraction of sp³-hybridized carbons (Fsp3) is 0.750. The van der Waals surface area contributed by atoms with Crippen molar-refractivity contribution in [2.45, 2.75) is 60.0 Å². The van der Waals surface area contributed by atoms with Gasteiger partial charge < -0.3 is 15.6 Å². The van der Waals surface area contributed by atoms with E-state index in [1.807, 2.05) is 0 Å². The fourth-order valence-corrected chi connectivity index (χ4v) is 5.77. The van der Waals surface area contributed by atoms with Crippen LogP contribution in [-0.2, 0) is 32.5 Å². The SMILES string of the molecule is CC(C)(C)C(=O)SCCOP(=O)(OCCSC(=O)C(C)(C)C)OC[C@@H](O)[C@@H](F)[C@@H](OCCN=[N+]=[N-])n1ccc(N)nc1=O. The topological polar surface area (TPSA) is 218 Å².